The molecule has 1 fully saturated rings. The lowest BCUT2D eigenvalue weighted by Gasteiger charge is -2.33. The van der Waals surface area contributed by atoms with Gasteiger partial charge in [-0.2, -0.15) is 0 Å². The molecule has 3 rings (SSSR count). The molecule has 2 aliphatic rings. The predicted molar refractivity (Wildman–Crippen MR) is 80.4 cm³/mol. The van der Waals surface area contributed by atoms with Crippen LogP contribution in [-0.2, 0) is 9.59 Å². The van der Waals surface area contributed by atoms with Crippen molar-refractivity contribution < 1.29 is 14.7 Å². The summed E-state index contributed by atoms with van der Waals surface area (Å²) in [4.78, 5) is 25.6. The lowest BCUT2D eigenvalue weighted by Crippen LogP contribution is -2.38. The van der Waals surface area contributed by atoms with E-state index >= 15 is 0 Å². The zero-order valence-electron chi connectivity index (χ0n) is 12.1. The SMILES string of the molecule is O=C(O)C1CCN(C(=O)CCC2CCC2)c2ccccc21. The minimum Gasteiger partial charge on any atom is -0.481 e. The maximum Gasteiger partial charge on any atom is 0.311 e. The minimum absolute atomic E-state index is 0.137. The maximum atomic E-state index is 12.5. The van der Waals surface area contributed by atoms with Gasteiger partial charge in [0.2, 0.25) is 5.91 Å². The van der Waals surface area contributed by atoms with Gasteiger partial charge in [-0.25, -0.2) is 0 Å². The van der Waals surface area contributed by atoms with E-state index in [9.17, 15) is 14.7 Å². The van der Waals surface area contributed by atoms with Gasteiger partial charge in [0.15, 0.2) is 0 Å². The van der Waals surface area contributed by atoms with Crippen molar-refractivity contribution in [3.05, 3.63) is 29.8 Å². The van der Waals surface area contributed by atoms with Gasteiger partial charge in [0, 0.05) is 18.7 Å². The largest absolute Gasteiger partial charge is 0.481 e. The summed E-state index contributed by atoms with van der Waals surface area (Å²) in [5.41, 5.74) is 1.56. The molecule has 1 aliphatic heterocycles. The van der Waals surface area contributed by atoms with Crippen molar-refractivity contribution in [2.45, 2.75) is 44.4 Å². The summed E-state index contributed by atoms with van der Waals surface area (Å²) in [7, 11) is 0. The topological polar surface area (TPSA) is 57.6 Å². The standard InChI is InChI=1S/C17H21NO3/c19-16(9-8-12-4-3-5-12)18-11-10-14(17(20)21)13-6-1-2-7-15(13)18/h1-2,6-7,12,14H,3-5,8-11H2,(H,20,21). The second kappa shape index (κ2) is 5.88. The van der Waals surface area contributed by atoms with Crippen LogP contribution in [0, 0.1) is 5.92 Å². The van der Waals surface area contributed by atoms with Crippen LogP contribution < -0.4 is 4.90 Å². The van der Waals surface area contributed by atoms with Gasteiger partial charge in [-0.05, 0) is 30.4 Å². The van der Waals surface area contributed by atoms with Crippen molar-refractivity contribution in [1.29, 1.82) is 0 Å². The normalized spacial score (nSPS) is 21.5. The second-order valence-electron chi connectivity index (χ2n) is 6.12. The second-order valence-corrected chi connectivity index (χ2v) is 6.12. The molecule has 0 bridgehead atoms. The van der Waals surface area contributed by atoms with Crippen LogP contribution in [0.3, 0.4) is 0 Å². The Morgan fingerprint density at radius 3 is 2.62 bits per heavy atom. The minimum atomic E-state index is -0.802. The van der Waals surface area contributed by atoms with E-state index in [1.54, 1.807) is 4.90 Å². The Bertz CT molecular complexity index is 551. The van der Waals surface area contributed by atoms with Gasteiger partial charge in [0.25, 0.3) is 0 Å². The molecule has 1 aromatic carbocycles. The summed E-state index contributed by atoms with van der Waals surface area (Å²) in [6.45, 7) is 0.511. The first-order valence-electron chi connectivity index (χ1n) is 7.79. The van der Waals surface area contributed by atoms with E-state index in [1.807, 2.05) is 24.3 Å². The molecule has 1 heterocycles. The third kappa shape index (κ3) is 2.80. The van der Waals surface area contributed by atoms with Gasteiger partial charge in [-0.15, -0.1) is 0 Å². The first-order valence-corrected chi connectivity index (χ1v) is 7.79. The number of carbonyl (C=O) groups is 2. The van der Waals surface area contributed by atoms with Crippen LogP contribution in [0.4, 0.5) is 5.69 Å². The number of amides is 1. The molecule has 1 atom stereocenters. The van der Waals surface area contributed by atoms with Gasteiger partial charge in [0.05, 0.1) is 5.92 Å². The fraction of sp³-hybridized carbons (Fsp3) is 0.529. The molecule has 4 heteroatoms. The molecule has 112 valence electrons. The number of rotatable bonds is 4. The number of nitrogens with zero attached hydrogens (tertiary/aromatic N) is 1. The number of anilines is 1. The Morgan fingerprint density at radius 2 is 1.95 bits per heavy atom. The van der Waals surface area contributed by atoms with Crippen LogP contribution in [0.2, 0.25) is 0 Å². The van der Waals surface area contributed by atoms with E-state index in [2.05, 4.69) is 0 Å². The van der Waals surface area contributed by atoms with Gasteiger partial charge in [-0.3, -0.25) is 9.59 Å². The van der Waals surface area contributed by atoms with E-state index in [4.69, 9.17) is 0 Å². The summed E-state index contributed by atoms with van der Waals surface area (Å²) in [5.74, 6) is -0.431. The summed E-state index contributed by atoms with van der Waals surface area (Å²) in [5, 5.41) is 9.32. The highest BCUT2D eigenvalue weighted by Gasteiger charge is 2.32. The van der Waals surface area contributed by atoms with E-state index < -0.39 is 11.9 Å². The number of carboxylic acids is 1. The fourth-order valence-electron chi connectivity index (χ4n) is 3.32. The molecule has 1 saturated carbocycles. The highest BCUT2D eigenvalue weighted by molar-refractivity contribution is 5.96. The van der Waals surface area contributed by atoms with Crippen molar-refractivity contribution in [3.63, 3.8) is 0 Å². The Labute approximate surface area is 124 Å². The molecule has 0 saturated heterocycles. The Kier molecular flexibility index (Phi) is 3.95. The highest BCUT2D eigenvalue weighted by Crippen LogP contribution is 2.36. The zero-order valence-corrected chi connectivity index (χ0v) is 12.1. The van der Waals surface area contributed by atoms with Gasteiger partial charge in [-0.1, -0.05) is 37.5 Å². The Balaban J connectivity index is 1.75. The molecule has 1 unspecified atom stereocenters. The fourth-order valence-corrected chi connectivity index (χ4v) is 3.32. The Morgan fingerprint density at radius 1 is 1.19 bits per heavy atom. The summed E-state index contributed by atoms with van der Waals surface area (Å²) in [6.07, 6.45) is 5.86. The van der Waals surface area contributed by atoms with E-state index in [0.717, 1.165) is 23.6 Å². The number of aliphatic carboxylic acids is 1. The molecule has 0 spiro atoms. The molecular formula is C17H21NO3. The van der Waals surface area contributed by atoms with Gasteiger partial charge < -0.3 is 10.0 Å². The number of fused-ring (bicyclic) bond motifs is 1. The van der Waals surface area contributed by atoms with Crippen LogP contribution in [-0.4, -0.2) is 23.5 Å². The third-order valence-electron chi connectivity index (χ3n) is 4.83. The van der Waals surface area contributed by atoms with E-state index in [-0.39, 0.29) is 5.91 Å². The van der Waals surface area contributed by atoms with Crippen LogP contribution in [0.1, 0.15) is 50.0 Å². The van der Waals surface area contributed by atoms with Crippen LogP contribution in [0.15, 0.2) is 24.3 Å². The smallest absolute Gasteiger partial charge is 0.311 e. The van der Waals surface area contributed by atoms with Crippen molar-refractivity contribution in [3.8, 4) is 0 Å². The van der Waals surface area contributed by atoms with Crippen LogP contribution in [0.25, 0.3) is 0 Å². The van der Waals surface area contributed by atoms with E-state index in [0.29, 0.717) is 19.4 Å². The predicted octanol–water partition coefficient (Wildman–Crippen LogP) is 3.17. The van der Waals surface area contributed by atoms with Crippen molar-refractivity contribution in [2.24, 2.45) is 5.92 Å². The number of hydrogen-bond donors (Lipinski definition) is 1. The number of hydrogen-bond acceptors (Lipinski definition) is 2. The molecule has 1 N–H and O–H groups in total. The lowest BCUT2D eigenvalue weighted by molar-refractivity contribution is -0.139. The molecule has 0 aromatic heterocycles. The van der Waals surface area contributed by atoms with Crippen molar-refractivity contribution in [1.82, 2.24) is 0 Å². The molecule has 1 aliphatic carbocycles. The lowest BCUT2D eigenvalue weighted by atomic mass is 9.82. The molecule has 0 radical (unpaired) electrons. The summed E-state index contributed by atoms with van der Waals surface area (Å²) >= 11 is 0. The maximum absolute atomic E-state index is 12.5. The summed E-state index contributed by atoms with van der Waals surface area (Å²) in [6, 6.07) is 7.41. The average Bonchev–Trinajstić information content (AvgIpc) is 2.44. The van der Waals surface area contributed by atoms with Crippen molar-refractivity contribution >= 4 is 17.6 Å². The Hall–Kier alpha value is -1.84. The zero-order chi connectivity index (χ0) is 14.8. The summed E-state index contributed by atoms with van der Waals surface area (Å²) < 4.78 is 0. The van der Waals surface area contributed by atoms with Crippen molar-refractivity contribution in [2.75, 3.05) is 11.4 Å². The monoisotopic (exact) mass is 287 g/mol. The molecule has 21 heavy (non-hydrogen) atoms. The number of carbonyl (C=O) groups excluding carboxylic acids is 1. The third-order valence-corrected chi connectivity index (χ3v) is 4.83. The highest BCUT2D eigenvalue weighted by atomic mass is 16.4. The molecule has 1 aromatic rings. The average molecular weight is 287 g/mol. The first-order chi connectivity index (χ1) is 10.2. The van der Waals surface area contributed by atoms with E-state index in [1.165, 1.54) is 19.3 Å². The quantitative estimate of drug-likeness (QED) is 0.925. The number of benzene rings is 1. The van der Waals surface area contributed by atoms with Gasteiger partial charge in [0.1, 0.15) is 0 Å². The van der Waals surface area contributed by atoms with Crippen LogP contribution >= 0.6 is 0 Å². The number of carboxylic acid groups (broad SMARTS) is 1. The van der Waals surface area contributed by atoms with Crippen LogP contribution in [0.5, 0.6) is 0 Å². The molecular weight excluding hydrogens is 266 g/mol. The molecule has 4 nitrogen and oxygen atoms in total. The molecule has 1 amide bonds. The number of para-hydroxylation sites is 1. The first kappa shape index (κ1) is 14.1. The van der Waals surface area contributed by atoms with Gasteiger partial charge >= 0.3 is 5.97 Å².